The molecule has 47 heavy (non-hydrogen) atoms. The number of hydrogen-bond acceptors (Lipinski definition) is 15. The third kappa shape index (κ3) is 5.17. The van der Waals surface area contributed by atoms with Gasteiger partial charge < -0.3 is 29.2 Å². The summed E-state index contributed by atoms with van der Waals surface area (Å²) in [6, 6.07) is -0.230. The van der Waals surface area contributed by atoms with Crippen molar-refractivity contribution in [3.05, 3.63) is 43.7 Å². The van der Waals surface area contributed by atoms with Crippen molar-refractivity contribution in [1.29, 1.82) is 0 Å². The third-order valence-corrected chi connectivity index (χ3v) is 11.1. The Hall–Kier alpha value is -3.99. The van der Waals surface area contributed by atoms with E-state index in [0.29, 0.717) is 23.4 Å². The zero-order valence-electron chi connectivity index (χ0n) is 24.9. The number of hydrogen-bond donors (Lipinski definition) is 2. The van der Waals surface area contributed by atoms with Gasteiger partial charge in [0.1, 0.15) is 24.1 Å². The molecule has 2 aliphatic heterocycles. The van der Waals surface area contributed by atoms with E-state index in [1.165, 1.54) is 47.4 Å². The van der Waals surface area contributed by atoms with Crippen LogP contribution in [-0.2, 0) is 32.0 Å². The lowest BCUT2D eigenvalue weighted by Gasteiger charge is -2.44. The van der Waals surface area contributed by atoms with Crippen molar-refractivity contribution in [3.63, 3.8) is 0 Å². The predicted molar refractivity (Wildman–Crippen MR) is 161 cm³/mol. The number of allylic oxidation sites excluding steroid dienone is 1. The minimum absolute atomic E-state index is 0.00361. The van der Waals surface area contributed by atoms with Crippen LogP contribution in [0.2, 0.25) is 0 Å². The number of rotatable bonds is 2. The van der Waals surface area contributed by atoms with Crippen LogP contribution in [0.3, 0.4) is 0 Å². The first-order valence-corrected chi connectivity index (χ1v) is 18.6. The van der Waals surface area contributed by atoms with Crippen LogP contribution >= 0.6 is 15.2 Å². The van der Waals surface area contributed by atoms with Crippen LogP contribution in [0.5, 0.6) is 5.88 Å². The molecule has 0 radical (unpaired) electrons. The normalized spacial score (nSPS) is 35.6. The number of anilines is 1. The molecule has 18 nitrogen and oxygen atoms in total. The van der Waals surface area contributed by atoms with E-state index >= 15 is 4.39 Å². The van der Waals surface area contributed by atoms with Gasteiger partial charge in [0, 0.05) is 37.7 Å². The van der Waals surface area contributed by atoms with Crippen LogP contribution < -0.4 is 5.73 Å². The summed E-state index contributed by atoms with van der Waals surface area (Å²) in [5.74, 6) is -0.188. The third-order valence-electron chi connectivity index (χ3n) is 8.72. The van der Waals surface area contributed by atoms with E-state index < -0.39 is 46.4 Å². The summed E-state index contributed by atoms with van der Waals surface area (Å²) in [5.41, 5.74) is 7.08. The highest BCUT2D eigenvalue weighted by atomic mass is 31.2. The molecule has 248 valence electrons. The van der Waals surface area contributed by atoms with E-state index in [1.807, 2.05) is 4.57 Å². The Balaban J connectivity index is 1.07. The summed E-state index contributed by atoms with van der Waals surface area (Å²) in [7, 11) is -7.62. The maximum absolute atomic E-state index is 16.2. The van der Waals surface area contributed by atoms with Crippen molar-refractivity contribution in [1.82, 2.24) is 43.4 Å². The fourth-order valence-corrected chi connectivity index (χ4v) is 8.30. The molecule has 1 saturated heterocycles. The van der Waals surface area contributed by atoms with Gasteiger partial charge in [-0.3, -0.25) is 22.6 Å². The van der Waals surface area contributed by atoms with Crippen molar-refractivity contribution in [3.8, 4) is 5.88 Å². The van der Waals surface area contributed by atoms with E-state index in [4.69, 9.17) is 28.6 Å². The first kappa shape index (κ1) is 30.4. The molecule has 0 amide bonds. The summed E-state index contributed by atoms with van der Waals surface area (Å²) in [6.45, 7) is 2.12. The van der Waals surface area contributed by atoms with Crippen LogP contribution in [0.4, 0.5) is 10.2 Å². The van der Waals surface area contributed by atoms with E-state index in [0.717, 1.165) is 0 Å². The maximum atomic E-state index is 16.2. The van der Waals surface area contributed by atoms with E-state index in [9.17, 15) is 14.2 Å². The standard InChI is InChI=1S/C26H29FN10O8P2/c1-46(39)41-6-3-14-13(7-15(14)36-11-33-19-23(36)34-26-29-4-5-35(26)24(19)38)8-42-47(2,40)45-20-16(9-43-46)44-25(17(20)27)37-12-32-18-21(28)30-10-31-22(18)37/h3-6,10-17,20,25,38H,7-9H2,1-2H3,(H2,28,30,31)/b6-3+/t13-,14-,15-,16-,17-,20-,25-,46+,47+/m1/s1. The monoisotopic (exact) mass is 690 g/mol. The van der Waals surface area contributed by atoms with E-state index in [1.54, 1.807) is 18.6 Å². The van der Waals surface area contributed by atoms with Crippen molar-refractivity contribution in [2.45, 2.75) is 37.1 Å². The van der Waals surface area contributed by atoms with Gasteiger partial charge in [-0.15, -0.1) is 0 Å². The molecule has 5 aromatic rings. The van der Waals surface area contributed by atoms with Crippen LogP contribution in [-0.4, -0.2) is 93.5 Å². The van der Waals surface area contributed by atoms with Crippen molar-refractivity contribution in [2.24, 2.45) is 11.8 Å². The Morgan fingerprint density at radius 1 is 1.00 bits per heavy atom. The van der Waals surface area contributed by atoms with Crippen LogP contribution in [0.1, 0.15) is 18.7 Å². The van der Waals surface area contributed by atoms with Gasteiger partial charge >= 0.3 is 15.2 Å². The number of imidazole rings is 3. The molecule has 7 heterocycles. The van der Waals surface area contributed by atoms with Crippen LogP contribution in [0, 0.1) is 11.8 Å². The van der Waals surface area contributed by atoms with Gasteiger partial charge in [0.2, 0.25) is 11.7 Å². The highest BCUT2D eigenvalue weighted by Gasteiger charge is 2.51. The van der Waals surface area contributed by atoms with Crippen molar-refractivity contribution in [2.75, 3.05) is 32.3 Å². The second-order valence-corrected chi connectivity index (χ2v) is 15.8. The van der Waals surface area contributed by atoms with Gasteiger partial charge in [-0.2, -0.15) is 4.98 Å². The largest absolute Gasteiger partial charge is 0.493 e. The van der Waals surface area contributed by atoms with Gasteiger partial charge in [-0.25, -0.2) is 33.9 Å². The molecule has 0 aromatic carbocycles. The highest BCUT2D eigenvalue weighted by Crippen LogP contribution is 2.54. The SMILES string of the molecule is C[P@]1(=O)O/C=C/[C@@H]2[C@@H](CO[P@](C)(=O)O[C@H]3[C@@H](F)[C@H](n4cnc5c(N)ncnc54)O[C@@H]3CO1)C[C@H]2n1cnc2c(O)n3ccnc3nc21. The smallest absolute Gasteiger partial charge is 0.375 e. The molecule has 3 N–H and O–H groups in total. The van der Waals surface area contributed by atoms with Gasteiger partial charge in [-0.05, 0) is 18.4 Å². The molecule has 2 fully saturated rings. The topological polar surface area (TPSA) is 218 Å². The molecule has 0 bridgehead atoms. The average molecular weight is 691 g/mol. The highest BCUT2D eigenvalue weighted by molar-refractivity contribution is 7.53. The second-order valence-electron chi connectivity index (χ2n) is 11.7. The number of alkyl halides is 1. The minimum atomic E-state index is -3.88. The lowest BCUT2D eigenvalue weighted by Crippen LogP contribution is -2.40. The zero-order chi connectivity index (χ0) is 32.7. The van der Waals surface area contributed by atoms with Gasteiger partial charge in [0.25, 0.3) is 0 Å². The van der Waals surface area contributed by atoms with E-state index in [-0.39, 0.29) is 47.3 Å². The quantitative estimate of drug-likeness (QED) is 0.254. The molecular formula is C26H29FN10O8P2. The number of fused-ring (bicyclic) bond motifs is 5. The zero-order valence-corrected chi connectivity index (χ0v) is 26.7. The van der Waals surface area contributed by atoms with Crippen molar-refractivity contribution < 1.29 is 41.5 Å². The van der Waals surface area contributed by atoms with Crippen LogP contribution in [0.25, 0.3) is 28.1 Å². The Kier molecular flexibility index (Phi) is 7.13. The average Bonchev–Trinajstić information content (AvgIpc) is 3.81. The molecule has 0 spiro atoms. The number of nitrogens with zero attached hydrogens (tertiary/aromatic N) is 9. The van der Waals surface area contributed by atoms with Gasteiger partial charge in [-0.1, -0.05) is 0 Å². The molecule has 9 atom stereocenters. The molecule has 5 aromatic heterocycles. The number of aromatic nitrogens is 9. The number of nitrogen functional groups attached to an aromatic ring is 1. The predicted octanol–water partition coefficient (Wildman–Crippen LogP) is 3.23. The first-order valence-electron chi connectivity index (χ1n) is 14.6. The second kappa shape index (κ2) is 11.0. The van der Waals surface area contributed by atoms with E-state index in [2.05, 4.69) is 29.9 Å². The maximum Gasteiger partial charge on any atom is 0.375 e. The fourth-order valence-electron chi connectivity index (χ4n) is 6.32. The Labute approximate surface area is 264 Å². The summed E-state index contributed by atoms with van der Waals surface area (Å²) in [6.07, 6.45) is 4.93. The first-order chi connectivity index (χ1) is 22.5. The summed E-state index contributed by atoms with van der Waals surface area (Å²) >= 11 is 0. The molecule has 0 unspecified atom stereocenters. The van der Waals surface area contributed by atoms with Gasteiger partial charge in [0.05, 0.1) is 32.1 Å². The van der Waals surface area contributed by atoms with Crippen molar-refractivity contribution >= 4 is 49.1 Å². The number of aromatic hydroxyl groups is 1. The molecule has 21 heteroatoms. The molecule has 8 rings (SSSR count). The Morgan fingerprint density at radius 3 is 2.64 bits per heavy atom. The Bertz CT molecular complexity index is 2140. The lowest BCUT2D eigenvalue weighted by atomic mass is 9.69. The summed E-state index contributed by atoms with van der Waals surface area (Å²) in [5, 5.41) is 10.7. The summed E-state index contributed by atoms with van der Waals surface area (Å²) in [4.78, 5) is 25.3. The van der Waals surface area contributed by atoms with Crippen LogP contribution in [0.15, 0.2) is 43.7 Å². The minimum Gasteiger partial charge on any atom is -0.493 e. The lowest BCUT2D eigenvalue weighted by molar-refractivity contribution is -0.0419. The number of nitrogens with two attached hydrogens (primary N) is 1. The Morgan fingerprint density at radius 2 is 1.79 bits per heavy atom. The molecule has 3 aliphatic rings. The molecule has 1 aliphatic carbocycles. The van der Waals surface area contributed by atoms with Gasteiger partial charge in [0.15, 0.2) is 35.0 Å². The number of halogens is 1. The summed E-state index contributed by atoms with van der Waals surface area (Å²) < 4.78 is 76.5. The molecular weight excluding hydrogens is 661 g/mol. The molecule has 1 saturated carbocycles. The fraction of sp³-hybridized carbons (Fsp3) is 0.462. The number of ether oxygens (including phenoxy) is 1.